The van der Waals surface area contributed by atoms with Gasteiger partial charge >= 0.3 is 0 Å². The summed E-state index contributed by atoms with van der Waals surface area (Å²) in [5.41, 5.74) is 0.426. The van der Waals surface area contributed by atoms with Gasteiger partial charge in [0.1, 0.15) is 0 Å². The molecule has 0 bridgehead atoms. The Hall–Kier alpha value is -1.44. The van der Waals surface area contributed by atoms with Crippen molar-refractivity contribution in [3.05, 3.63) is 29.8 Å². The highest BCUT2D eigenvalue weighted by atomic mass is 32.2. The summed E-state index contributed by atoms with van der Waals surface area (Å²) < 4.78 is 31.0. The first-order valence-corrected chi connectivity index (χ1v) is 7.74. The molecule has 0 unspecified atom stereocenters. The van der Waals surface area contributed by atoms with Gasteiger partial charge in [0.25, 0.3) is 5.91 Å². The van der Waals surface area contributed by atoms with Gasteiger partial charge in [-0.15, -0.1) is 0 Å². The van der Waals surface area contributed by atoms with Crippen LogP contribution in [0.15, 0.2) is 29.2 Å². The summed E-state index contributed by atoms with van der Waals surface area (Å²) in [7, 11) is -2.06. The molecule has 112 valence electrons. The Labute approximate surface area is 119 Å². The summed E-state index contributed by atoms with van der Waals surface area (Å²) in [5, 5.41) is 2.74. The molecule has 0 spiro atoms. The maximum Gasteiger partial charge on any atom is 0.251 e. The molecule has 1 aromatic carbocycles. The molecule has 1 aromatic rings. The van der Waals surface area contributed by atoms with E-state index in [2.05, 4.69) is 10.0 Å². The van der Waals surface area contributed by atoms with E-state index in [0.717, 1.165) is 0 Å². The summed E-state index contributed by atoms with van der Waals surface area (Å²) >= 11 is 0. The minimum Gasteiger partial charge on any atom is -0.383 e. The van der Waals surface area contributed by atoms with Crippen LogP contribution < -0.4 is 10.0 Å². The number of hydrogen-bond donors (Lipinski definition) is 2. The molecule has 7 heteroatoms. The first-order valence-electron chi connectivity index (χ1n) is 6.26. The molecular formula is C13H20N2O4S. The monoisotopic (exact) mass is 300 g/mol. The van der Waals surface area contributed by atoms with Crippen molar-refractivity contribution in [2.24, 2.45) is 0 Å². The van der Waals surface area contributed by atoms with E-state index in [1.807, 2.05) is 13.8 Å². The lowest BCUT2D eigenvalue weighted by Crippen LogP contribution is -2.30. The number of hydrogen-bond acceptors (Lipinski definition) is 4. The van der Waals surface area contributed by atoms with Crippen LogP contribution in [-0.2, 0) is 14.8 Å². The third-order valence-electron chi connectivity index (χ3n) is 2.44. The van der Waals surface area contributed by atoms with E-state index in [1.54, 1.807) is 0 Å². The van der Waals surface area contributed by atoms with Gasteiger partial charge in [0.05, 0.1) is 11.5 Å². The van der Waals surface area contributed by atoms with E-state index in [-0.39, 0.29) is 23.4 Å². The molecule has 0 aliphatic rings. The molecular weight excluding hydrogens is 280 g/mol. The van der Waals surface area contributed by atoms with Crippen LogP contribution in [0.5, 0.6) is 0 Å². The number of carbonyl (C=O) groups excluding carboxylic acids is 1. The van der Waals surface area contributed by atoms with Crippen LogP contribution in [-0.4, -0.2) is 40.6 Å². The Morgan fingerprint density at radius 1 is 1.25 bits per heavy atom. The molecule has 0 aromatic heterocycles. The van der Waals surface area contributed by atoms with Gasteiger partial charge in [-0.1, -0.05) is 0 Å². The zero-order valence-electron chi connectivity index (χ0n) is 11.8. The Morgan fingerprint density at radius 2 is 1.85 bits per heavy atom. The highest BCUT2D eigenvalue weighted by Gasteiger charge is 2.14. The van der Waals surface area contributed by atoms with Crippen molar-refractivity contribution in [1.29, 1.82) is 0 Å². The van der Waals surface area contributed by atoms with Crippen LogP contribution in [0.25, 0.3) is 0 Å². The van der Waals surface area contributed by atoms with Crippen LogP contribution in [0.1, 0.15) is 24.2 Å². The number of amides is 1. The number of ether oxygens (including phenoxy) is 1. The van der Waals surface area contributed by atoms with Crippen molar-refractivity contribution in [2.45, 2.75) is 24.8 Å². The standard InChI is InChI=1S/C13H20N2O4S/c1-10(2)15-13(16)11-4-6-12(7-5-11)20(17,18)14-8-9-19-3/h4-7,10,14H,8-9H2,1-3H3,(H,15,16). The van der Waals surface area contributed by atoms with E-state index in [1.165, 1.54) is 31.4 Å². The second-order valence-corrected chi connectivity index (χ2v) is 6.31. The lowest BCUT2D eigenvalue weighted by atomic mass is 10.2. The first kappa shape index (κ1) is 16.6. The van der Waals surface area contributed by atoms with Crippen LogP contribution >= 0.6 is 0 Å². The fourth-order valence-electron chi connectivity index (χ4n) is 1.49. The second-order valence-electron chi connectivity index (χ2n) is 4.54. The van der Waals surface area contributed by atoms with Crippen molar-refractivity contribution in [3.63, 3.8) is 0 Å². The highest BCUT2D eigenvalue weighted by molar-refractivity contribution is 7.89. The molecule has 2 N–H and O–H groups in total. The molecule has 0 aliphatic carbocycles. The van der Waals surface area contributed by atoms with E-state index < -0.39 is 10.0 Å². The zero-order chi connectivity index (χ0) is 15.2. The Kier molecular flexibility index (Phi) is 6.12. The van der Waals surface area contributed by atoms with Crippen molar-refractivity contribution in [1.82, 2.24) is 10.0 Å². The molecule has 0 aliphatic heterocycles. The van der Waals surface area contributed by atoms with Crippen LogP contribution in [0, 0.1) is 0 Å². The largest absolute Gasteiger partial charge is 0.383 e. The minimum atomic E-state index is -3.56. The predicted molar refractivity (Wildman–Crippen MR) is 76.1 cm³/mol. The number of rotatable bonds is 7. The van der Waals surface area contributed by atoms with E-state index in [9.17, 15) is 13.2 Å². The van der Waals surface area contributed by atoms with Crippen LogP contribution in [0.4, 0.5) is 0 Å². The predicted octanol–water partition coefficient (Wildman–Crippen LogP) is 0.749. The first-order chi connectivity index (χ1) is 9.36. The minimum absolute atomic E-state index is 0.0293. The Morgan fingerprint density at radius 3 is 2.35 bits per heavy atom. The lowest BCUT2D eigenvalue weighted by molar-refractivity contribution is 0.0943. The number of methoxy groups -OCH3 is 1. The van der Waals surface area contributed by atoms with E-state index >= 15 is 0 Å². The molecule has 0 saturated carbocycles. The van der Waals surface area contributed by atoms with Crippen molar-refractivity contribution in [2.75, 3.05) is 20.3 Å². The summed E-state index contributed by atoms with van der Waals surface area (Å²) in [4.78, 5) is 11.9. The number of nitrogens with one attached hydrogen (secondary N) is 2. The number of sulfonamides is 1. The van der Waals surface area contributed by atoms with Crippen molar-refractivity contribution >= 4 is 15.9 Å². The van der Waals surface area contributed by atoms with Crippen LogP contribution in [0.2, 0.25) is 0 Å². The number of carbonyl (C=O) groups is 1. The topological polar surface area (TPSA) is 84.5 Å². The second kappa shape index (κ2) is 7.37. The molecule has 0 atom stereocenters. The normalized spacial score (nSPS) is 11.6. The molecule has 6 nitrogen and oxygen atoms in total. The smallest absolute Gasteiger partial charge is 0.251 e. The zero-order valence-corrected chi connectivity index (χ0v) is 12.7. The lowest BCUT2D eigenvalue weighted by Gasteiger charge is -2.09. The summed E-state index contributed by atoms with van der Waals surface area (Å²) in [5.74, 6) is -0.226. The fraction of sp³-hybridized carbons (Fsp3) is 0.462. The summed E-state index contributed by atoms with van der Waals surface area (Å²) in [6, 6.07) is 5.82. The fourth-order valence-corrected chi connectivity index (χ4v) is 2.51. The Balaban J connectivity index is 2.78. The highest BCUT2D eigenvalue weighted by Crippen LogP contribution is 2.10. The van der Waals surface area contributed by atoms with Gasteiger partial charge in [-0.2, -0.15) is 0 Å². The number of benzene rings is 1. The molecule has 20 heavy (non-hydrogen) atoms. The molecule has 1 rings (SSSR count). The van der Waals surface area contributed by atoms with E-state index in [0.29, 0.717) is 12.2 Å². The van der Waals surface area contributed by atoms with E-state index in [4.69, 9.17) is 4.74 Å². The van der Waals surface area contributed by atoms with Crippen LogP contribution in [0.3, 0.4) is 0 Å². The maximum absolute atomic E-state index is 11.9. The SMILES string of the molecule is COCCNS(=O)(=O)c1ccc(C(=O)NC(C)C)cc1. The molecule has 0 fully saturated rings. The average Bonchev–Trinajstić information content (AvgIpc) is 2.38. The average molecular weight is 300 g/mol. The summed E-state index contributed by atoms with van der Waals surface area (Å²) in [6.45, 7) is 4.22. The van der Waals surface area contributed by atoms with Gasteiger partial charge in [0.15, 0.2) is 0 Å². The van der Waals surface area contributed by atoms with Gasteiger partial charge in [0, 0.05) is 25.3 Å². The third-order valence-corrected chi connectivity index (χ3v) is 3.92. The third kappa shape index (κ3) is 4.92. The molecule has 0 heterocycles. The van der Waals surface area contributed by atoms with Gasteiger partial charge < -0.3 is 10.1 Å². The van der Waals surface area contributed by atoms with Crippen molar-refractivity contribution < 1.29 is 17.9 Å². The van der Waals surface area contributed by atoms with Gasteiger partial charge in [0.2, 0.25) is 10.0 Å². The Bertz CT molecular complexity index is 538. The summed E-state index contributed by atoms with van der Waals surface area (Å²) in [6.07, 6.45) is 0. The molecule has 1 amide bonds. The molecule has 0 saturated heterocycles. The quantitative estimate of drug-likeness (QED) is 0.728. The van der Waals surface area contributed by atoms with Gasteiger partial charge in [-0.3, -0.25) is 4.79 Å². The van der Waals surface area contributed by atoms with Gasteiger partial charge in [-0.05, 0) is 38.1 Å². The molecule has 0 radical (unpaired) electrons. The van der Waals surface area contributed by atoms with Gasteiger partial charge in [-0.25, -0.2) is 13.1 Å². The maximum atomic E-state index is 11.9. The van der Waals surface area contributed by atoms with Crippen molar-refractivity contribution in [3.8, 4) is 0 Å².